The number of rotatable bonds is 6. The quantitative estimate of drug-likeness (QED) is 0.280. The van der Waals surface area contributed by atoms with Gasteiger partial charge in [0.15, 0.2) is 4.80 Å². The fourth-order valence-corrected chi connectivity index (χ4v) is 6.62. The van der Waals surface area contributed by atoms with Gasteiger partial charge < -0.3 is 14.0 Å². The van der Waals surface area contributed by atoms with Crippen LogP contribution in [-0.2, 0) is 9.53 Å². The average Bonchev–Trinajstić information content (AvgIpc) is 3.37. The summed E-state index contributed by atoms with van der Waals surface area (Å²) in [6.07, 6.45) is 1.84. The SMILES string of the molecule is CCOC(=O)C1=C(C)N=c2s/c(=C/c3cc(C)n(-c4ccc(F)cc4)c3C)c(=O)n2C1c1ccc(OC)c(Br)c1. The molecular weight excluding hydrogens is 597 g/mol. The molecule has 0 saturated heterocycles. The summed E-state index contributed by atoms with van der Waals surface area (Å²) < 4.78 is 29.0. The van der Waals surface area contributed by atoms with Gasteiger partial charge in [-0.1, -0.05) is 17.4 Å². The van der Waals surface area contributed by atoms with Gasteiger partial charge in [-0.25, -0.2) is 14.2 Å². The summed E-state index contributed by atoms with van der Waals surface area (Å²) in [6.45, 7) is 7.62. The Balaban J connectivity index is 1.70. The second-order valence-corrected chi connectivity index (χ2v) is 11.2. The minimum absolute atomic E-state index is 0.197. The van der Waals surface area contributed by atoms with Crippen LogP contribution in [0.3, 0.4) is 0 Å². The number of aromatic nitrogens is 2. The predicted molar refractivity (Wildman–Crippen MR) is 156 cm³/mol. The number of methoxy groups -OCH3 is 1. The van der Waals surface area contributed by atoms with Crippen LogP contribution in [0.25, 0.3) is 11.8 Å². The predicted octanol–water partition coefficient (Wildman–Crippen LogP) is 5.12. The second kappa shape index (κ2) is 11.0. The van der Waals surface area contributed by atoms with E-state index >= 15 is 0 Å². The fourth-order valence-electron chi connectivity index (χ4n) is 5.02. The molecule has 2 aromatic carbocycles. The summed E-state index contributed by atoms with van der Waals surface area (Å²) in [6, 6.07) is 13.0. The van der Waals surface area contributed by atoms with Crippen LogP contribution in [0, 0.1) is 19.7 Å². The van der Waals surface area contributed by atoms with Gasteiger partial charge in [-0.3, -0.25) is 9.36 Å². The van der Waals surface area contributed by atoms with Gasteiger partial charge in [0.25, 0.3) is 5.56 Å². The zero-order valence-electron chi connectivity index (χ0n) is 22.6. The first-order valence-corrected chi connectivity index (χ1v) is 14.2. The topological polar surface area (TPSA) is 74.8 Å². The lowest BCUT2D eigenvalue weighted by atomic mass is 9.96. The van der Waals surface area contributed by atoms with E-state index in [1.165, 1.54) is 23.5 Å². The van der Waals surface area contributed by atoms with Crippen molar-refractivity contribution in [3.63, 3.8) is 0 Å². The molecule has 0 fully saturated rings. The lowest BCUT2D eigenvalue weighted by Gasteiger charge is -2.25. The van der Waals surface area contributed by atoms with Gasteiger partial charge in [-0.15, -0.1) is 0 Å². The van der Waals surface area contributed by atoms with Gasteiger partial charge in [0.05, 0.1) is 40.0 Å². The molecule has 0 saturated carbocycles. The van der Waals surface area contributed by atoms with Crippen molar-refractivity contribution in [1.29, 1.82) is 0 Å². The average molecular weight is 625 g/mol. The number of carbonyl (C=O) groups excluding carboxylic acids is 1. The molecule has 2 aromatic heterocycles. The Morgan fingerprint density at radius 1 is 1.15 bits per heavy atom. The highest BCUT2D eigenvalue weighted by molar-refractivity contribution is 9.10. The van der Waals surface area contributed by atoms with E-state index in [-0.39, 0.29) is 18.0 Å². The summed E-state index contributed by atoms with van der Waals surface area (Å²) in [5.41, 5.74) is 4.81. The van der Waals surface area contributed by atoms with E-state index in [2.05, 4.69) is 20.9 Å². The van der Waals surface area contributed by atoms with E-state index < -0.39 is 12.0 Å². The number of allylic oxidation sites excluding steroid dienone is 1. The van der Waals surface area contributed by atoms with Crippen molar-refractivity contribution in [3.8, 4) is 11.4 Å². The normalized spacial score (nSPS) is 15.2. The minimum atomic E-state index is -0.730. The molecule has 1 atom stereocenters. The van der Waals surface area contributed by atoms with E-state index in [0.717, 1.165) is 22.6 Å². The van der Waals surface area contributed by atoms with Crippen LogP contribution < -0.4 is 19.6 Å². The summed E-state index contributed by atoms with van der Waals surface area (Å²) in [4.78, 5) is 32.3. The molecule has 40 heavy (non-hydrogen) atoms. The molecule has 206 valence electrons. The molecule has 0 aliphatic carbocycles. The first-order valence-electron chi connectivity index (χ1n) is 12.6. The van der Waals surface area contributed by atoms with Crippen molar-refractivity contribution < 1.29 is 18.7 Å². The summed E-state index contributed by atoms with van der Waals surface area (Å²) in [5.74, 6) is -0.188. The molecule has 5 rings (SSSR count). The van der Waals surface area contributed by atoms with Gasteiger partial charge in [0, 0.05) is 17.1 Å². The summed E-state index contributed by atoms with van der Waals surface area (Å²) in [5, 5.41) is 0. The van der Waals surface area contributed by atoms with Gasteiger partial charge in [-0.05, 0) is 103 Å². The number of hydrogen-bond donors (Lipinski definition) is 0. The molecule has 1 aliphatic rings. The van der Waals surface area contributed by atoms with Crippen LogP contribution in [0.15, 0.2) is 74.1 Å². The van der Waals surface area contributed by atoms with Crippen molar-refractivity contribution in [3.05, 3.63) is 112 Å². The van der Waals surface area contributed by atoms with Crippen LogP contribution in [0.5, 0.6) is 5.75 Å². The number of benzene rings is 2. The maximum atomic E-state index is 14.0. The van der Waals surface area contributed by atoms with E-state index in [4.69, 9.17) is 9.47 Å². The van der Waals surface area contributed by atoms with E-state index in [9.17, 15) is 14.0 Å². The van der Waals surface area contributed by atoms with Gasteiger partial charge in [0.2, 0.25) is 0 Å². The highest BCUT2D eigenvalue weighted by Crippen LogP contribution is 2.35. The van der Waals surface area contributed by atoms with Crippen LogP contribution in [0.4, 0.5) is 4.39 Å². The number of halogens is 2. The third-order valence-electron chi connectivity index (χ3n) is 6.85. The first-order chi connectivity index (χ1) is 19.1. The molecule has 1 unspecified atom stereocenters. The summed E-state index contributed by atoms with van der Waals surface area (Å²) in [7, 11) is 1.57. The Kier molecular flexibility index (Phi) is 7.65. The molecule has 0 amide bonds. The van der Waals surface area contributed by atoms with Crippen LogP contribution in [0.2, 0.25) is 0 Å². The van der Waals surface area contributed by atoms with Gasteiger partial charge in [-0.2, -0.15) is 0 Å². The lowest BCUT2D eigenvalue weighted by Crippen LogP contribution is -2.40. The second-order valence-electron chi connectivity index (χ2n) is 9.33. The van der Waals surface area contributed by atoms with Crippen molar-refractivity contribution >= 4 is 39.3 Å². The molecule has 0 spiro atoms. The molecular formula is C30H27BrFN3O4S. The molecule has 1 aliphatic heterocycles. The zero-order valence-corrected chi connectivity index (χ0v) is 25.0. The first kappa shape index (κ1) is 27.8. The molecule has 4 aromatic rings. The Morgan fingerprint density at radius 2 is 1.88 bits per heavy atom. The van der Waals surface area contributed by atoms with Crippen LogP contribution in [0.1, 0.15) is 42.4 Å². The Hall–Kier alpha value is -3.76. The van der Waals surface area contributed by atoms with E-state index in [1.54, 1.807) is 43.7 Å². The molecule has 0 N–H and O–H groups in total. The molecule has 3 heterocycles. The number of hydrogen-bond acceptors (Lipinski definition) is 6. The fraction of sp³-hybridized carbons (Fsp3) is 0.233. The Labute approximate surface area is 242 Å². The third-order valence-corrected chi connectivity index (χ3v) is 8.45. The Morgan fingerprint density at radius 3 is 2.52 bits per heavy atom. The number of aryl methyl sites for hydroxylation is 1. The van der Waals surface area contributed by atoms with Crippen molar-refractivity contribution in [2.75, 3.05) is 13.7 Å². The Bertz CT molecular complexity index is 1850. The highest BCUT2D eigenvalue weighted by atomic mass is 79.9. The highest BCUT2D eigenvalue weighted by Gasteiger charge is 2.33. The van der Waals surface area contributed by atoms with Crippen LogP contribution in [-0.4, -0.2) is 28.8 Å². The lowest BCUT2D eigenvalue weighted by molar-refractivity contribution is -0.139. The minimum Gasteiger partial charge on any atom is -0.496 e. The monoisotopic (exact) mass is 623 g/mol. The standard InChI is InChI=1S/C30H27BrFN3O4S/c1-6-39-29(37)26-17(3)33-30-35(27(26)19-7-12-24(38-5)23(31)14-19)28(36)25(40-30)15-20-13-16(2)34(18(20)4)22-10-8-21(32)9-11-22/h7-15,27H,6H2,1-5H3/b25-15+. The summed E-state index contributed by atoms with van der Waals surface area (Å²) >= 11 is 4.80. The number of nitrogens with zero attached hydrogens (tertiary/aromatic N) is 3. The number of thiazole rings is 1. The van der Waals surface area contributed by atoms with Crippen molar-refractivity contribution in [2.45, 2.75) is 33.7 Å². The molecule has 7 nitrogen and oxygen atoms in total. The maximum Gasteiger partial charge on any atom is 0.338 e. The van der Waals surface area contributed by atoms with Gasteiger partial charge >= 0.3 is 5.97 Å². The number of fused-ring (bicyclic) bond motifs is 1. The molecule has 10 heteroatoms. The maximum absolute atomic E-state index is 14.0. The van der Waals surface area contributed by atoms with Crippen LogP contribution >= 0.6 is 27.3 Å². The smallest absolute Gasteiger partial charge is 0.338 e. The number of carbonyl (C=O) groups is 1. The van der Waals surface area contributed by atoms with Gasteiger partial charge in [0.1, 0.15) is 11.6 Å². The largest absolute Gasteiger partial charge is 0.496 e. The van der Waals surface area contributed by atoms with E-state index in [0.29, 0.717) is 36.4 Å². The number of esters is 1. The van der Waals surface area contributed by atoms with Crippen molar-refractivity contribution in [2.24, 2.45) is 4.99 Å². The van der Waals surface area contributed by atoms with Crippen molar-refractivity contribution in [1.82, 2.24) is 9.13 Å². The zero-order chi connectivity index (χ0) is 28.7. The third kappa shape index (κ3) is 4.86. The molecule has 0 bridgehead atoms. The molecule has 0 radical (unpaired) electrons. The number of ether oxygens (including phenoxy) is 2. The van der Waals surface area contributed by atoms with E-state index in [1.807, 2.05) is 42.7 Å².